The van der Waals surface area contributed by atoms with Crippen molar-refractivity contribution in [3.05, 3.63) is 60.2 Å². The van der Waals surface area contributed by atoms with E-state index in [1.807, 2.05) is 61.5 Å². The highest BCUT2D eigenvalue weighted by Crippen LogP contribution is 2.24. The summed E-state index contributed by atoms with van der Waals surface area (Å²) >= 11 is 0. The molecule has 0 saturated heterocycles. The summed E-state index contributed by atoms with van der Waals surface area (Å²) in [6.45, 7) is 2.70. The fourth-order valence-corrected chi connectivity index (χ4v) is 2.02. The standard InChI is InChI=1S/C16H18N2O/c1-2-12-18(15-11-7-6-10-14(15)17)16(19)13-8-4-3-5-9-13/h3-11H,2,12,17H2,1H3. The van der Waals surface area contributed by atoms with Crippen molar-refractivity contribution in [2.24, 2.45) is 0 Å². The summed E-state index contributed by atoms with van der Waals surface area (Å²) in [7, 11) is 0. The lowest BCUT2D eigenvalue weighted by atomic mass is 10.1. The third-order valence-electron chi connectivity index (χ3n) is 2.94. The fourth-order valence-electron chi connectivity index (χ4n) is 2.02. The van der Waals surface area contributed by atoms with Crippen molar-refractivity contribution in [1.29, 1.82) is 0 Å². The predicted octanol–water partition coefficient (Wildman–Crippen LogP) is 3.33. The maximum Gasteiger partial charge on any atom is 0.258 e. The lowest BCUT2D eigenvalue weighted by molar-refractivity contribution is 0.0987. The van der Waals surface area contributed by atoms with E-state index in [0.717, 1.165) is 12.1 Å². The van der Waals surface area contributed by atoms with Gasteiger partial charge in [0.05, 0.1) is 11.4 Å². The van der Waals surface area contributed by atoms with Crippen LogP contribution < -0.4 is 10.6 Å². The molecule has 2 aromatic carbocycles. The molecule has 0 aliphatic carbocycles. The Balaban J connectivity index is 2.36. The van der Waals surface area contributed by atoms with Gasteiger partial charge in [-0.15, -0.1) is 0 Å². The van der Waals surface area contributed by atoms with Crippen LogP contribution in [0.25, 0.3) is 0 Å². The molecule has 0 unspecified atom stereocenters. The Morgan fingerprint density at radius 1 is 1.05 bits per heavy atom. The molecule has 3 heteroatoms. The molecule has 0 spiro atoms. The van der Waals surface area contributed by atoms with Crippen molar-refractivity contribution < 1.29 is 4.79 Å². The number of hydrogen-bond donors (Lipinski definition) is 1. The van der Waals surface area contributed by atoms with E-state index in [4.69, 9.17) is 5.73 Å². The zero-order valence-electron chi connectivity index (χ0n) is 11.0. The van der Waals surface area contributed by atoms with Crippen LogP contribution in [0.1, 0.15) is 23.7 Å². The number of carbonyl (C=O) groups is 1. The first-order valence-electron chi connectivity index (χ1n) is 6.45. The van der Waals surface area contributed by atoms with E-state index in [2.05, 4.69) is 0 Å². The molecule has 0 heterocycles. The molecule has 0 fully saturated rings. The van der Waals surface area contributed by atoms with Gasteiger partial charge in [0.1, 0.15) is 0 Å². The average Bonchev–Trinajstić information content (AvgIpc) is 2.46. The molecule has 19 heavy (non-hydrogen) atoms. The van der Waals surface area contributed by atoms with Gasteiger partial charge in [-0.05, 0) is 30.7 Å². The van der Waals surface area contributed by atoms with Crippen LogP contribution in [0.2, 0.25) is 0 Å². The number of nitrogen functional groups attached to an aromatic ring is 1. The molecule has 0 radical (unpaired) electrons. The minimum Gasteiger partial charge on any atom is -0.397 e. The molecule has 3 nitrogen and oxygen atoms in total. The summed E-state index contributed by atoms with van der Waals surface area (Å²) in [6, 6.07) is 16.7. The van der Waals surface area contributed by atoms with Crippen molar-refractivity contribution in [2.45, 2.75) is 13.3 Å². The Labute approximate surface area is 113 Å². The summed E-state index contributed by atoms with van der Waals surface area (Å²) in [5.74, 6) is -0.0136. The SMILES string of the molecule is CCCN(C(=O)c1ccccc1)c1ccccc1N. The van der Waals surface area contributed by atoms with Gasteiger partial charge < -0.3 is 10.6 Å². The highest BCUT2D eigenvalue weighted by Gasteiger charge is 2.18. The van der Waals surface area contributed by atoms with Gasteiger partial charge in [-0.2, -0.15) is 0 Å². The molecule has 0 aromatic heterocycles. The molecule has 2 aromatic rings. The van der Waals surface area contributed by atoms with E-state index in [0.29, 0.717) is 17.8 Å². The molecular formula is C16H18N2O. The molecule has 0 atom stereocenters. The molecule has 0 saturated carbocycles. The van der Waals surface area contributed by atoms with Gasteiger partial charge >= 0.3 is 0 Å². The van der Waals surface area contributed by atoms with Crippen molar-refractivity contribution in [1.82, 2.24) is 0 Å². The first-order chi connectivity index (χ1) is 9.24. The number of para-hydroxylation sites is 2. The molecule has 98 valence electrons. The number of amides is 1. The van der Waals surface area contributed by atoms with Gasteiger partial charge in [-0.1, -0.05) is 37.3 Å². The van der Waals surface area contributed by atoms with Crippen molar-refractivity contribution >= 4 is 17.3 Å². The lowest BCUT2D eigenvalue weighted by Crippen LogP contribution is -2.32. The van der Waals surface area contributed by atoms with Gasteiger partial charge in [-0.3, -0.25) is 4.79 Å². The summed E-state index contributed by atoms with van der Waals surface area (Å²) in [6.07, 6.45) is 0.882. The number of nitrogens with zero attached hydrogens (tertiary/aromatic N) is 1. The van der Waals surface area contributed by atoms with Crippen molar-refractivity contribution in [3.8, 4) is 0 Å². The third kappa shape index (κ3) is 2.94. The zero-order chi connectivity index (χ0) is 13.7. The first kappa shape index (κ1) is 13.1. The van der Waals surface area contributed by atoms with Crippen LogP contribution in [0.3, 0.4) is 0 Å². The second kappa shape index (κ2) is 6.05. The summed E-state index contributed by atoms with van der Waals surface area (Å²) in [5, 5.41) is 0. The largest absolute Gasteiger partial charge is 0.397 e. The monoisotopic (exact) mass is 254 g/mol. The molecule has 1 amide bonds. The molecule has 0 bridgehead atoms. The third-order valence-corrected chi connectivity index (χ3v) is 2.94. The maximum atomic E-state index is 12.6. The summed E-state index contributed by atoms with van der Waals surface area (Å²) < 4.78 is 0. The highest BCUT2D eigenvalue weighted by molar-refractivity contribution is 6.07. The van der Waals surface area contributed by atoms with E-state index in [-0.39, 0.29) is 5.91 Å². The van der Waals surface area contributed by atoms with Crippen LogP contribution in [-0.4, -0.2) is 12.5 Å². The van der Waals surface area contributed by atoms with Gasteiger partial charge in [0, 0.05) is 12.1 Å². The highest BCUT2D eigenvalue weighted by atomic mass is 16.2. The Kier molecular flexibility index (Phi) is 4.18. The second-order valence-corrected chi connectivity index (χ2v) is 4.38. The zero-order valence-corrected chi connectivity index (χ0v) is 11.0. The number of hydrogen-bond acceptors (Lipinski definition) is 2. The molecule has 0 aliphatic rings. The van der Waals surface area contributed by atoms with E-state index in [9.17, 15) is 4.79 Å². The Morgan fingerprint density at radius 3 is 2.32 bits per heavy atom. The van der Waals surface area contributed by atoms with Gasteiger partial charge in [0.15, 0.2) is 0 Å². The molecule has 2 rings (SSSR count). The van der Waals surface area contributed by atoms with Crippen LogP contribution >= 0.6 is 0 Å². The molecule has 0 aliphatic heterocycles. The number of carbonyl (C=O) groups excluding carboxylic acids is 1. The molecular weight excluding hydrogens is 236 g/mol. The topological polar surface area (TPSA) is 46.3 Å². The van der Waals surface area contributed by atoms with Crippen LogP contribution in [0, 0.1) is 0 Å². The van der Waals surface area contributed by atoms with E-state index in [1.165, 1.54) is 0 Å². The van der Waals surface area contributed by atoms with Crippen LogP contribution in [0.4, 0.5) is 11.4 Å². The van der Waals surface area contributed by atoms with Gasteiger partial charge in [0.25, 0.3) is 5.91 Å². The smallest absolute Gasteiger partial charge is 0.258 e. The van der Waals surface area contributed by atoms with Crippen LogP contribution in [-0.2, 0) is 0 Å². The number of benzene rings is 2. The maximum absolute atomic E-state index is 12.6. The Morgan fingerprint density at radius 2 is 1.68 bits per heavy atom. The van der Waals surface area contributed by atoms with Crippen LogP contribution in [0.15, 0.2) is 54.6 Å². The fraction of sp³-hybridized carbons (Fsp3) is 0.188. The average molecular weight is 254 g/mol. The van der Waals surface area contributed by atoms with Crippen LogP contribution in [0.5, 0.6) is 0 Å². The van der Waals surface area contributed by atoms with Gasteiger partial charge in [0.2, 0.25) is 0 Å². The normalized spacial score (nSPS) is 10.2. The summed E-state index contributed by atoms with van der Waals surface area (Å²) in [4.78, 5) is 14.3. The Bertz CT molecular complexity index is 552. The number of rotatable bonds is 4. The summed E-state index contributed by atoms with van der Waals surface area (Å²) in [5.41, 5.74) is 8.05. The van der Waals surface area contributed by atoms with Crippen molar-refractivity contribution in [3.63, 3.8) is 0 Å². The van der Waals surface area contributed by atoms with E-state index in [1.54, 1.807) is 4.90 Å². The Hall–Kier alpha value is -2.29. The minimum absolute atomic E-state index is 0.0136. The van der Waals surface area contributed by atoms with E-state index < -0.39 is 0 Å². The lowest BCUT2D eigenvalue weighted by Gasteiger charge is -2.23. The number of anilines is 2. The minimum atomic E-state index is -0.0136. The van der Waals surface area contributed by atoms with Gasteiger partial charge in [-0.25, -0.2) is 0 Å². The molecule has 2 N–H and O–H groups in total. The quantitative estimate of drug-likeness (QED) is 0.851. The predicted molar refractivity (Wildman–Crippen MR) is 79.3 cm³/mol. The second-order valence-electron chi connectivity index (χ2n) is 4.38. The first-order valence-corrected chi connectivity index (χ1v) is 6.45. The van der Waals surface area contributed by atoms with E-state index >= 15 is 0 Å². The number of nitrogens with two attached hydrogens (primary N) is 1. The van der Waals surface area contributed by atoms with Crippen molar-refractivity contribution in [2.75, 3.05) is 17.2 Å².